The number of pyridine rings is 1. The van der Waals surface area contributed by atoms with Crippen LogP contribution in [-0.4, -0.2) is 14.1 Å². The van der Waals surface area contributed by atoms with Crippen molar-refractivity contribution in [1.82, 2.24) is 14.1 Å². The molecule has 5 nitrogen and oxygen atoms in total. The molecule has 0 aliphatic carbocycles. The molecule has 0 aliphatic heterocycles. The molecule has 0 N–H and O–H groups in total. The second-order valence-electron chi connectivity index (χ2n) is 23.1. The van der Waals surface area contributed by atoms with Gasteiger partial charge in [-0.1, -0.05) is 214 Å². The Hall–Kier alpha value is -7.59. The maximum atomic E-state index is 7.01. The summed E-state index contributed by atoms with van der Waals surface area (Å²) in [6.07, 6.45) is 7.99. The van der Waals surface area contributed by atoms with Crippen molar-refractivity contribution in [2.24, 2.45) is 0 Å². The largest absolute Gasteiger partial charge is 0.510 e. The van der Waals surface area contributed by atoms with E-state index in [2.05, 4.69) is 290 Å². The zero-order chi connectivity index (χ0) is 52.3. The van der Waals surface area contributed by atoms with E-state index in [1.807, 2.05) is 18.3 Å². The number of ether oxygens (including phenoxy) is 1. The smallest absolute Gasteiger partial charge is 0.267 e. The van der Waals surface area contributed by atoms with Gasteiger partial charge in [-0.05, 0) is 96.7 Å². The minimum atomic E-state index is -0.424. The van der Waals surface area contributed by atoms with Crippen LogP contribution in [0.2, 0.25) is 0 Å². The Balaban J connectivity index is 0.00000657. The predicted molar refractivity (Wildman–Crippen MR) is 308 cm³/mol. The summed E-state index contributed by atoms with van der Waals surface area (Å²) >= 11 is 0. The molecule has 3 heterocycles. The van der Waals surface area contributed by atoms with E-state index in [4.69, 9.17) is 9.72 Å². The average Bonchev–Trinajstić information content (AvgIpc) is 4.05. The van der Waals surface area contributed by atoms with Gasteiger partial charge in [0.2, 0.25) is 0 Å². The predicted octanol–water partition coefficient (Wildman–Crippen LogP) is 17.0. The van der Waals surface area contributed by atoms with Crippen molar-refractivity contribution in [2.75, 3.05) is 0 Å². The molecule has 3 aromatic heterocycles. The first-order valence-corrected chi connectivity index (χ1v) is 26.1. The Morgan fingerprint density at radius 2 is 1.05 bits per heavy atom. The van der Waals surface area contributed by atoms with Crippen LogP contribution in [0.3, 0.4) is 0 Å². The molecule has 382 valence electrons. The minimum Gasteiger partial charge on any atom is -0.510 e. The van der Waals surface area contributed by atoms with Gasteiger partial charge in [-0.25, -0.2) is 4.98 Å². The second kappa shape index (κ2) is 20.2. The fraction of sp³-hybridized carbons (Fsp3) is 0.200. The molecular weight excluding hydrogens is 1110 g/mol. The topological polar surface area (TPSA) is 35.9 Å². The Bertz CT molecular complexity index is 3860. The van der Waals surface area contributed by atoms with Crippen LogP contribution in [0.5, 0.6) is 11.5 Å². The van der Waals surface area contributed by atoms with Gasteiger partial charge >= 0.3 is 0 Å². The maximum Gasteiger partial charge on any atom is 0.267 e. The normalized spacial score (nSPS) is 12.2. The van der Waals surface area contributed by atoms with Gasteiger partial charge in [0.15, 0.2) is 0 Å². The third-order valence-corrected chi connectivity index (χ3v) is 15.1. The summed E-state index contributed by atoms with van der Waals surface area (Å²) in [4.78, 5) is 5.01. The summed E-state index contributed by atoms with van der Waals surface area (Å²) < 4.78 is 13.6. The van der Waals surface area contributed by atoms with Crippen LogP contribution < -0.4 is 9.30 Å². The molecule has 8 aromatic carbocycles. The maximum absolute atomic E-state index is 7.01. The number of rotatable bonds is 11. The van der Waals surface area contributed by atoms with Crippen LogP contribution in [0.15, 0.2) is 207 Å². The first-order valence-electron chi connectivity index (χ1n) is 26.1. The Morgan fingerprint density at radius 3 is 1.67 bits per heavy atom. The molecule has 0 saturated carbocycles. The number of hydrogen-bond acceptors (Lipinski definition) is 2. The summed E-state index contributed by atoms with van der Waals surface area (Å²) in [7, 11) is 0. The molecule has 0 unspecified atom stereocenters. The first-order chi connectivity index (χ1) is 35.9. The average molecular weight is 1170 g/mol. The van der Waals surface area contributed by atoms with E-state index in [1.54, 1.807) is 0 Å². The van der Waals surface area contributed by atoms with Gasteiger partial charge in [-0.15, -0.1) is 35.2 Å². The molecule has 0 radical (unpaired) electrons. The summed E-state index contributed by atoms with van der Waals surface area (Å²) in [6.45, 7) is 22.7. The Morgan fingerprint density at radius 1 is 0.461 bits per heavy atom. The fourth-order valence-electron chi connectivity index (χ4n) is 10.4. The van der Waals surface area contributed by atoms with Crippen LogP contribution in [0.1, 0.15) is 103 Å². The molecule has 76 heavy (non-hydrogen) atoms. The van der Waals surface area contributed by atoms with Crippen molar-refractivity contribution in [3.8, 4) is 50.9 Å². The zero-order valence-electron chi connectivity index (χ0n) is 45.1. The first kappa shape index (κ1) is 51.9. The molecule has 0 spiro atoms. The van der Waals surface area contributed by atoms with E-state index >= 15 is 0 Å². The number of imidazole rings is 1. The molecule has 0 amide bonds. The van der Waals surface area contributed by atoms with Gasteiger partial charge in [-0.3, -0.25) is 4.57 Å². The van der Waals surface area contributed by atoms with Crippen molar-refractivity contribution in [3.05, 3.63) is 258 Å². The Kier molecular flexibility index (Phi) is 13.8. The summed E-state index contributed by atoms with van der Waals surface area (Å²) in [5.41, 5.74) is 14.5. The second-order valence-corrected chi connectivity index (χ2v) is 23.1. The zero-order valence-corrected chi connectivity index (χ0v) is 47.4. The summed E-state index contributed by atoms with van der Waals surface area (Å²) in [6, 6.07) is 76.7. The van der Waals surface area contributed by atoms with E-state index < -0.39 is 5.41 Å². The number of nitrogens with zero attached hydrogens (tertiary/aromatic N) is 4. The molecular formula is C70H64N4OPt-2. The molecule has 11 aromatic rings. The van der Waals surface area contributed by atoms with Gasteiger partial charge in [0, 0.05) is 61.3 Å². The molecule has 0 saturated heterocycles. The standard InChI is InChI=1S/C70H64N4O.Pt/c1-67(2,3)54-35-36-71-66(43-54)74-63-34-31-55(69(7,8)52-27-19-13-20-28-52)42-62(63)61-33-32-59(45-64(61)74)75-60-40-51(49-25-17-12-18-26-49)38-57(44-60)72-46-65(70(9,10)53-29-21-14-22-30-53)73(47-72)58-39-50(48-23-15-11-16-24-48)37-56(41-58)68(4,5)6;/h11-43,46H,1-10H3;/q-2;. The van der Waals surface area contributed by atoms with Crippen LogP contribution in [0, 0.1) is 18.5 Å². The van der Waals surface area contributed by atoms with Crippen LogP contribution in [0.25, 0.3) is 61.3 Å². The number of hydrogen-bond donors (Lipinski definition) is 0. The summed E-state index contributed by atoms with van der Waals surface area (Å²) in [5.74, 6) is 1.96. The Labute approximate surface area is 463 Å². The molecule has 6 heteroatoms. The van der Waals surface area contributed by atoms with Crippen molar-refractivity contribution < 1.29 is 30.4 Å². The monoisotopic (exact) mass is 1170 g/mol. The van der Waals surface area contributed by atoms with Gasteiger partial charge in [-0.2, -0.15) is 12.1 Å². The molecule has 11 rings (SSSR count). The van der Waals surface area contributed by atoms with Crippen LogP contribution >= 0.6 is 0 Å². The van der Waals surface area contributed by atoms with E-state index in [0.29, 0.717) is 11.5 Å². The molecule has 0 aliphatic rings. The van der Waals surface area contributed by atoms with Gasteiger partial charge in [0.05, 0.1) is 11.4 Å². The SMILES string of the molecule is CC(C)(C)c1cc(-c2ccccc2)cc(-[n+]2[c-]n(-c3[c-]c(Oc4[c-]c5c(cc4)c4cc(C(C)(C)c6ccccc6)ccc4n5-c4cc(C(C)(C)C)ccn4)cc(-c4ccccc4)c3)cc2C(C)(C)c2ccccc2)c1.[Pt]. The van der Waals surface area contributed by atoms with Crippen LogP contribution in [-0.2, 0) is 42.7 Å². The van der Waals surface area contributed by atoms with E-state index in [1.165, 1.54) is 33.4 Å². The van der Waals surface area contributed by atoms with Crippen molar-refractivity contribution in [2.45, 2.75) is 90.9 Å². The third kappa shape index (κ3) is 10.0. The van der Waals surface area contributed by atoms with E-state index in [-0.39, 0.29) is 37.3 Å². The quantitative estimate of drug-likeness (QED) is 0.0956. The van der Waals surface area contributed by atoms with Gasteiger partial charge < -0.3 is 13.9 Å². The number of benzene rings is 8. The summed E-state index contributed by atoms with van der Waals surface area (Å²) in [5, 5.41) is 2.20. The molecule has 0 fully saturated rings. The molecule has 0 bridgehead atoms. The third-order valence-electron chi connectivity index (χ3n) is 15.1. The van der Waals surface area contributed by atoms with Crippen molar-refractivity contribution in [1.29, 1.82) is 0 Å². The van der Waals surface area contributed by atoms with Gasteiger partial charge in [0.1, 0.15) is 5.82 Å². The fourth-order valence-corrected chi connectivity index (χ4v) is 10.4. The number of fused-ring (bicyclic) bond motifs is 3. The minimum absolute atomic E-state index is 0. The van der Waals surface area contributed by atoms with E-state index in [0.717, 1.165) is 61.4 Å². The van der Waals surface area contributed by atoms with E-state index in [9.17, 15) is 0 Å². The number of aromatic nitrogens is 4. The van der Waals surface area contributed by atoms with Gasteiger partial charge in [0.25, 0.3) is 6.33 Å². The van der Waals surface area contributed by atoms with Crippen molar-refractivity contribution in [3.63, 3.8) is 0 Å². The van der Waals surface area contributed by atoms with Crippen molar-refractivity contribution >= 4 is 21.8 Å². The van der Waals surface area contributed by atoms with Crippen LogP contribution in [0.4, 0.5) is 0 Å². The molecule has 0 atom stereocenters.